The molecule has 0 amide bonds. The number of ether oxygens (including phenoxy) is 6. The molecule has 62 heavy (non-hydrogen) atoms. The Bertz CT molecular complexity index is 1690. The largest absolute Gasteiger partial charge is 0.481 e. The molecule has 0 aromatic rings. The van der Waals surface area contributed by atoms with Gasteiger partial charge in [-0.15, -0.1) is 0 Å². The quantitative estimate of drug-likeness (QED) is 0.125. The highest BCUT2D eigenvalue weighted by Gasteiger charge is 2.70. The van der Waals surface area contributed by atoms with Crippen LogP contribution in [0.1, 0.15) is 113 Å². The number of fused-ring (bicyclic) bond motifs is 7. The maximum atomic E-state index is 13.1. The Morgan fingerprint density at radius 1 is 0.710 bits per heavy atom. The molecule has 7 fully saturated rings. The Kier molecular flexibility index (Phi) is 12.5. The second kappa shape index (κ2) is 16.5. The van der Waals surface area contributed by atoms with Crippen LogP contribution >= 0.6 is 0 Å². The van der Waals surface area contributed by atoms with Gasteiger partial charge in [-0.05, 0) is 111 Å². The number of hydrogen-bond acceptors (Lipinski definition) is 15. The van der Waals surface area contributed by atoms with Gasteiger partial charge in [-0.3, -0.25) is 4.79 Å². The monoisotopic (exact) mass is 882 g/mol. The van der Waals surface area contributed by atoms with Gasteiger partial charge in [-0.25, -0.2) is 0 Å². The van der Waals surface area contributed by atoms with E-state index in [0.717, 1.165) is 44.9 Å². The minimum atomic E-state index is -1.73. The molecular formula is C46H74O16. The molecule has 0 spiro atoms. The second-order valence-corrected chi connectivity index (χ2v) is 22.4. The van der Waals surface area contributed by atoms with Crippen LogP contribution in [-0.4, -0.2) is 158 Å². The van der Waals surface area contributed by atoms with E-state index in [1.165, 1.54) is 12.5 Å². The van der Waals surface area contributed by atoms with Gasteiger partial charge >= 0.3 is 5.97 Å². The van der Waals surface area contributed by atoms with E-state index in [-0.39, 0.29) is 59.2 Å². The molecule has 8 rings (SSSR count). The molecule has 9 N–H and O–H groups in total. The lowest BCUT2D eigenvalue weighted by Gasteiger charge is -2.71. The minimum Gasteiger partial charge on any atom is -0.481 e. The number of aliphatic carboxylic acids is 1. The van der Waals surface area contributed by atoms with Crippen molar-refractivity contribution in [1.82, 2.24) is 0 Å². The van der Waals surface area contributed by atoms with Crippen molar-refractivity contribution < 1.29 is 79.2 Å². The highest BCUT2D eigenvalue weighted by Crippen LogP contribution is 2.76. The first kappa shape index (κ1) is 47.2. The van der Waals surface area contributed by atoms with Crippen molar-refractivity contribution in [2.75, 3.05) is 19.8 Å². The van der Waals surface area contributed by atoms with Crippen LogP contribution in [0.25, 0.3) is 0 Å². The number of hydrogen-bond donors (Lipinski definition) is 9. The summed E-state index contributed by atoms with van der Waals surface area (Å²) in [6.45, 7) is 14.5. The summed E-state index contributed by atoms with van der Waals surface area (Å²) in [6.07, 6.45) is -9.19. The summed E-state index contributed by atoms with van der Waals surface area (Å²) in [5.41, 5.74) is -0.519. The average Bonchev–Trinajstić information content (AvgIpc) is 3.21. The van der Waals surface area contributed by atoms with Crippen LogP contribution in [0.4, 0.5) is 0 Å². The molecule has 3 heterocycles. The molecule has 4 saturated carbocycles. The Morgan fingerprint density at radius 3 is 2.03 bits per heavy atom. The smallest absolute Gasteiger partial charge is 0.310 e. The Morgan fingerprint density at radius 2 is 1.35 bits per heavy atom. The number of aliphatic hydroxyl groups is 8. The Hall–Kier alpha value is -1.35. The molecule has 16 nitrogen and oxygen atoms in total. The number of rotatable bonds is 8. The van der Waals surface area contributed by atoms with Gasteiger partial charge in [0.25, 0.3) is 0 Å². The molecule has 354 valence electrons. The number of carbonyl (C=O) groups is 1. The summed E-state index contributed by atoms with van der Waals surface area (Å²) in [5.74, 6) is -0.342. The summed E-state index contributed by atoms with van der Waals surface area (Å²) in [6, 6.07) is 0. The molecule has 0 aromatic carbocycles. The third-order valence-electron chi connectivity index (χ3n) is 18.7. The lowest BCUT2D eigenvalue weighted by Crippen LogP contribution is -2.67. The topological polar surface area (TPSA) is 255 Å². The van der Waals surface area contributed by atoms with E-state index in [9.17, 15) is 50.8 Å². The Labute approximate surface area is 364 Å². The average molecular weight is 883 g/mol. The molecule has 0 aromatic heterocycles. The Balaban J connectivity index is 1.02. The van der Waals surface area contributed by atoms with Crippen LogP contribution in [-0.2, 0) is 33.2 Å². The molecule has 11 unspecified atom stereocenters. The van der Waals surface area contributed by atoms with Gasteiger partial charge in [0.1, 0.15) is 54.9 Å². The molecule has 0 bridgehead atoms. The van der Waals surface area contributed by atoms with Crippen molar-refractivity contribution in [2.45, 2.75) is 199 Å². The third-order valence-corrected chi connectivity index (χ3v) is 18.7. The molecule has 5 aliphatic carbocycles. The lowest BCUT2D eigenvalue weighted by atomic mass is 9.33. The van der Waals surface area contributed by atoms with Gasteiger partial charge in [-0.2, -0.15) is 0 Å². The van der Waals surface area contributed by atoms with Crippen LogP contribution in [0.2, 0.25) is 0 Å². The molecule has 22 atom stereocenters. The third kappa shape index (κ3) is 7.19. The van der Waals surface area contributed by atoms with E-state index in [1.54, 1.807) is 0 Å². The van der Waals surface area contributed by atoms with Gasteiger partial charge in [0.2, 0.25) is 0 Å². The molecule has 3 aliphatic heterocycles. The standard InChI is InChI=1S/C46H74O16/c1-22-30(50)35(61-37-33(53)31(51)25(48)19-57-37)34(54)38(59-22)62-36-32(52)26(49)20-58-39(36)60-29-11-12-42(4)27(43(29,5)21-47)10-13-45(7)28(42)9-8-23-24-18-41(2,3)14-16-46(24,40(55)56)17-15-44(23,45)6/h8,22,24-39,47-54H,9-21H2,1-7H3,(H,55,56)/t22?,24-,25?,26?,27+,28-,29?,30?,31?,32?,33?,34?,35?,36?,37-,38+,39-,42-,43-,44+,45-,46-/m0/s1. The SMILES string of the molecule is CC1O[C@H](OC2C(O)C(O)CO[C@H]2OC2CC[C@@]3(C)[C@@H](CC[C@@]4(C)[C@H]3CC=C3[C@@H]5CC(C)(C)CC[C@]5(C(=O)O)CC[C@]34C)[C@]2(C)CO)C(O)C(O[C@@H]2OCC(O)C(O)C2O)C1O. The summed E-state index contributed by atoms with van der Waals surface area (Å²) in [5, 5.41) is 97.4. The van der Waals surface area contributed by atoms with Crippen molar-refractivity contribution in [1.29, 1.82) is 0 Å². The van der Waals surface area contributed by atoms with E-state index < -0.39 is 103 Å². The maximum absolute atomic E-state index is 13.1. The maximum Gasteiger partial charge on any atom is 0.310 e. The molecule has 16 heteroatoms. The van der Waals surface area contributed by atoms with Crippen molar-refractivity contribution in [3.8, 4) is 0 Å². The van der Waals surface area contributed by atoms with E-state index >= 15 is 0 Å². The molecule has 8 aliphatic rings. The fraction of sp³-hybridized carbons (Fsp3) is 0.935. The zero-order valence-corrected chi connectivity index (χ0v) is 37.5. The second-order valence-electron chi connectivity index (χ2n) is 22.4. The summed E-state index contributed by atoms with van der Waals surface area (Å²) in [7, 11) is 0. The van der Waals surface area contributed by atoms with E-state index in [4.69, 9.17) is 28.4 Å². The predicted octanol–water partition coefficient (Wildman–Crippen LogP) is 1.98. The van der Waals surface area contributed by atoms with Crippen molar-refractivity contribution in [3.63, 3.8) is 0 Å². The van der Waals surface area contributed by atoms with Gasteiger partial charge < -0.3 is 74.4 Å². The van der Waals surface area contributed by atoms with Gasteiger partial charge in [-0.1, -0.05) is 53.2 Å². The summed E-state index contributed by atoms with van der Waals surface area (Å²) < 4.78 is 36.0. The van der Waals surface area contributed by atoms with Crippen LogP contribution in [0, 0.1) is 50.2 Å². The van der Waals surface area contributed by atoms with Crippen molar-refractivity contribution in [2.24, 2.45) is 50.2 Å². The normalized spacial score (nSPS) is 55.1. The van der Waals surface area contributed by atoms with Gasteiger partial charge in [0.05, 0.1) is 37.4 Å². The first-order chi connectivity index (χ1) is 29.0. The van der Waals surface area contributed by atoms with Gasteiger partial charge in [0, 0.05) is 5.41 Å². The zero-order valence-electron chi connectivity index (χ0n) is 37.5. The van der Waals surface area contributed by atoms with E-state index in [1.807, 2.05) is 0 Å². The van der Waals surface area contributed by atoms with Crippen LogP contribution in [0.5, 0.6) is 0 Å². The lowest BCUT2D eigenvalue weighted by molar-refractivity contribution is -0.379. The number of allylic oxidation sites excluding steroid dienone is 2. The highest BCUT2D eigenvalue weighted by molar-refractivity contribution is 5.76. The van der Waals surface area contributed by atoms with Crippen LogP contribution in [0.15, 0.2) is 11.6 Å². The van der Waals surface area contributed by atoms with E-state index in [0.29, 0.717) is 19.3 Å². The predicted molar refractivity (Wildman–Crippen MR) is 219 cm³/mol. The van der Waals surface area contributed by atoms with Crippen molar-refractivity contribution in [3.05, 3.63) is 11.6 Å². The van der Waals surface area contributed by atoms with Crippen LogP contribution < -0.4 is 0 Å². The minimum absolute atomic E-state index is 0.00631. The number of carboxylic acids is 1. The number of aliphatic hydroxyl groups excluding tert-OH is 8. The fourth-order valence-electron chi connectivity index (χ4n) is 14.5. The number of carboxylic acid groups (broad SMARTS) is 1. The van der Waals surface area contributed by atoms with Crippen LogP contribution in [0.3, 0.4) is 0 Å². The van der Waals surface area contributed by atoms with Gasteiger partial charge in [0.15, 0.2) is 18.9 Å². The molecule has 0 radical (unpaired) electrons. The highest BCUT2D eigenvalue weighted by atomic mass is 16.8. The molecule has 3 saturated heterocycles. The fourth-order valence-corrected chi connectivity index (χ4v) is 14.5. The zero-order chi connectivity index (χ0) is 45.1. The first-order valence-corrected chi connectivity index (χ1v) is 23.1. The first-order valence-electron chi connectivity index (χ1n) is 23.1. The summed E-state index contributed by atoms with van der Waals surface area (Å²) in [4.78, 5) is 13.1. The summed E-state index contributed by atoms with van der Waals surface area (Å²) >= 11 is 0. The van der Waals surface area contributed by atoms with E-state index in [2.05, 4.69) is 47.6 Å². The van der Waals surface area contributed by atoms with Crippen molar-refractivity contribution >= 4 is 5.97 Å². The molecular weight excluding hydrogens is 808 g/mol.